The van der Waals surface area contributed by atoms with Gasteiger partial charge in [-0.2, -0.15) is 0 Å². The Kier molecular flexibility index (Phi) is 3.67. The number of rotatable bonds is 2. The maximum Gasteiger partial charge on any atom is 0.120 e. The first-order chi connectivity index (χ1) is 8.39. The number of aliphatic hydroxyl groups is 1. The normalized spacial score (nSPS) is 19.6. The van der Waals surface area contributed by atoms with Crippen LogP contribution in [0.25, 0.3) is 0 Å². The summed E-state index contributed by atoms with van der Waals surface area (Å²) in [5.41, 5.74) is 0.241. The number of hydrogen-bond acceptors (Lipinski definition) is 2. The van der Waals surface area contributed by atoms with Gasteiger partial charge in [0, 0.05) is 0 Å². The molecule has 0 aliphatic heterocycles. The van der Waals surface area contributed by atoms with Crippen molar-refractivity contribution in [2.75, 3.05) is 0 Å². The highest BCUT2D eigenvalue weighted by molar-refractivity contribution is 5.31. The molecule has 1 aromatic rings. The zero-order valence-electron chi connectivity index (χ0n) is 11.7. The fourth-order valence-corrected chi connectivity index (χ4v) is 2.61. The van der Waals surface area contributed by atoms with E-state index in [9.17, 15) is 5.11 Å². The minimum atomic E-state index is -0.613. The smallest absolute Gasteiger partial charge is 0.120 e. The van der Waals surface area contributed by atoms with E-state index in [1.807, 2.05) is 45.0 Å². The summed E-state index contributed by atoms with van der Waals surface area (Å²) in [6, 6.07) is 7.94. The molecule has 0 heterocycles. The van der Waals surface area contributed by atoms with Gasteiger partial charge in [-0.3, -0.25) is 0 Å². The first-order valence-electron chi connectivity index (χ1n) is 6.91. The second-order valence-corrected chi connectivity index (χ2v) is 6.33. The van der Waals surface area contributed by atoms with Crippen LogP contribution >= 0.6 is 0 Å². The van der Waals surface area contributed by atoms with Gasteiger partial charge in [-0.25, -0.2) is 0 Å². The molecule has 2 rings (SSSR count). The van der Waals surface area contributed by atoms with Crippen molar-refractivity contribution in [1.29, 1.82) is 0 Å². The van der Waals surface area contributed by atoms with E-state index in [-0.39, 0.29) is 5.60 Å². The largest absolute Gasteiger partial charge is 0.488 e. The molecule has 0 aromatic heterocycles. The minimum Gasteiger partial charge on any atom is -0.488 e. The second kappa shape index (κ2) is 4.93. The van der Waals surface area contributed by atoms with Gasteiger partial charge in [-0.05, 0) is 51.3 Å². The molecule has 1 aliphatic rings. The Balaban J connectivity index is 2.12. The highest BCUT2D eigenvalue weighted by Gasteiger charge is 2.30. The summed E-state index contributed by atoms with van der Waals surface area (Å²) in [5, 5.41) is 10.6. The van der Waals surface area contributed by atoms with E-state index < -0.39 is 5.60 Å². The Morgan fingerprint density at radius 2 is 1.56 bits per heavy atom. The van der Waals surface area contributed by atoms with Crippen LogP contribution in [0, 0.1) is 0 Å². The molecule has 2 heteroatoms. The lowest BCUT2D eigenvalue weighted by Crippen LogP contribution is -2.28. The molecule has 0 atom stereocenters. The first kappa shape index (κ1) is 13.4. The molecule has 18 heavy (non-hydrogen) atoms. The van der Waals surface area contributed by atoms with E-state index in [4.69, 9.17) is 4.74 Å². The van der Waals surface area contributed by atoms with Gasteiger partial charge in [0.25, 0.3) is 0 Å². The number of benzene rings is 1. The van der Waals surface area contributed by atoms with Crippen LogP contribution in [0.3, 0.4) is 0 Å². The SMILES string of the molecule is CC(C)(C)Oc1ccc(C2(O)CCCCC2)cc1. The fraction of sp³-hybridized carbons (Fsp3) is 0.625. The van der Waals surface area contributed by atoms with Crippen LogP contribution in [0.15, 0.2) is 24.3 Å². The Morgan fingerprint density at radius 1 is 1.00 bits per heavy atom. The van der Waals surface area contributed by atoms with Crippen molar-refractivity contribution < 1.29 is 9.84 Å². The van der Waals surface area contributed by atoms with Gasteiger partial charge in [-0.15, -0.1) is 0 Å². The summed E-state index contributed by atoms with van der Waals surface area (Å²) >= 11 is 0. The summed E-state index contributed by atoms with van der Waals surface area (Å²) in [5.74, 6) is 0.866. The molecule has 100 valence electrons. The average Bonchev–Trinajstić information content (AvgIpc) is 2.28. The minimum absolute atomic E-state index is 0.177. The molecule has 0 unspecified atom stereocenters. The maximum atomic E-state index is 10.6. The van der Waals surface area contributed by atoms with Crippen LogP contribution in [-0.2, 0) is 5.60 Å². The van der Waals surface area contributed by atoms with E-state index in [1.165, 1.54) is 6.42 Å². The summed E-state index contributed by atoms with van der Waals surface area (Å²) < 4.78 is 5.80. The Bertz CT molecular complexity index is 381. The summed E-state index contributed by atoms with van der Waals surface area (Å²) in [7, 11) is 0. The van der Waals surface area contributed by atoms with E-state index in [0.29, 0.717) is 0 Å². The molecule has 1 aliphatic carbocycles. The molecule has 0 saturated heterocycles. The quantitative estimate of drug-likeness (QED) is 0.856. The zero-order valence-corrected chi connectivity index (χ0v) is 11.7. The molecule has 0 amide bonds. The number of ether oxygens (including phenoxy) is 1. The van der Waals surface area contributed by atoms with Gasteiger partial charge in [0.15, 0.2) is 0 Å². The predicted molar refractivity (Wildman–Crippen MR) is 73.8 cm³/mol. The van der Waals surface area contributed by atoms with Crippen LogP contribution < -0.4 is 4.74 Å². The highest BCUT2D eigenvalue weighted by Crippen LogP contribution is 2.37. The molecule has 1 aromatic carbocycles. The van der Waals surface area contributed by atoms with Crippen molar-refractivity contribution in [2.45, 2.75) is 64.1 Å². The van der Waals surface area contributed by atoms with E-state index in [0.717, 1.165) is 37.0 Å². The Labute approximate surface area is 110 Å². The van der Waals surface area contributed by atoms with Gasteiger partial charge >= 0.3 is 0 Å². The van der Waals surface area contributed by atoms with Gasteiger partial charge < -0.3 is 9.84 Å². The summed E-state index contributed by atoms with van der Waals surface area (Å²) in [6.45, 7) is 6.11. The standard InChI is InChI=1S/C16H24O2/c1-15(2,3)18-14-9-7-13(8-10-14)16(17)11-5-4-6-12-16/h7-10,17H,4-6,11-12H2,1-3H3. The van der Waals surface area contributed by atoms with Gasteiger partial charge in [-0.1, -0.05) is 31.4 Å². The second-order valence-electron chi connectivity index (χ2n) is 6.33. The molecule has 1 fully saturated rings. The third-order valence-corrected chi connectivity index (χ3v) is 3.50. The lowest BCUT2D eigenvalue weighted by Gasteiger charge is -2.32. The fourth-order valence-electron chi connectivity index (χ4n) is 2.61. The van der Waals surface area contributed by atoms with Crippen LogP contribution in [-0.4, -0.2) is 10.7 Å². The third kappa shape index (κ3) is 3.26. The van der Waals surface area contributed by atoms with Gasteiger partial charge in [0.05, 0.1) is 5.60 Å². The topological polar surface area (TPSA) is 29.5 Å². The monoisotopic (exact) mass is 248 g/mol. The van der Waals surface area contributed by atoms with Gasteiger partial charge in [0.2, 0.25) is 0 Å². The first-order valence-corrected chi connectivity index (χ1v) is 6.91. The lowest BCUT2D eigenvalue weighted by atomic mass is 9.80. The van der Waals surface area contributed by atoms with Crippen LogP contribution in [0.5, 0.6) is 5.75 Å². The van der Waals surface area contributed by atoms with Crippen LogP contribution in [0.1, 0.15) is 58.4 Å². The molecular formula is C16H24O2. The summed E-state index contributed by atoms with van der Waals surface area (Å²) in [4.78, 5) is 0. The molecular weight excluding hydrogens is 224 g/mol. The van der Waals surface area contributed by atoms with Crippen molar-refractivity contribution in [3.8, 4) is 5.75 Å². The van der Waals surface area contributed by atoms with Crippen molar-refractivity contribution in [3.05, 3.63) is 29.8 Å². The third-order valence-electron chi connectivity index (χ3n) is 3.50. The maximum absolute atomic E-state index is 10.6. The molecule has 2 nitrogen and oxygen atoms in total. The van der Waals surface area contributed by atoms with Crippen molar-refractivity contribution in [2.24, 2.45) is 0 Å². The van der Waals surface area contributed by atoms with Crippen molar-refractivity contribution >= 4 is 0 Å². The highest BCUT2D eigenvalue weighted by atomic mass is 16.5. The lowest BCUT2D eigenvalue weighted by molar-refractivity contribution is -0.000698. The average molecular weight is 248 g/mol. The molecule has 0 bridgehead atoms. The molecule has 0 spiro atoms. The Morgan fingerprint density at radius 3 is 2.06 bits per heavy atom. The van der Waals surface area contributed by atoms with E-state index in [2.05, 4.69) is 0 Å². The van der Waals surface area contributed by atoms with Crippen LogP contribution in [0.2, 0.25) is 0 Å². The van der Waals surface area contributed by atoms with E-state index >= 15 is 0 Å². The van der Waals surface area contributed by atoms with E-state index in [1.54, 1.807) is 0 Å². The van der Waals surface area contributed by atoms with Gasteiger partial charge in [0.1, 0.15) is 11.4 Å². The molecule has 0 radical (unpaired) electrons. The zero-order chi connectivity index (χ0) is 13.2. The molecule has 1 saturated carbocycles. The predicted octanol–water partition coefficient (Wildman–Crippen LogP) is 4.02. The summed E-state index contributed by atoms with van der Waals surface area (Å²) in [6.07, 6.45) is 5.25. The van der Waals surface area contributed by atoms with Crippen molar-refractivity contribution in [3.63, 3.8) is 0 Å². The molecule has 1 N–H and O–H groups in total. The number of hydrogen-bond donors (Lipinski definition) is 1. The van der Waals surface area contributed by atoms with Crippen molar-refractivity contribution in [1.82, 2.24) is 0 Å². The van der Waals surface area contributed by atoms with Crippen LogP contribution in [0.4, 0.5) is 0 Å². The Hall–Kier alpha value is -1.02.